The van der Waals surface area contributed by atoms with Gasteiger partial charge in [-0.15, -0.1) is 0 Å². The number of rotatable bonds is 7. The molecule has 2 amide bonds. The lowest BCUT2D eigenvalue weighted by atomic mass is 9.96. The molecule has 0 bridgehead atoms. The van der Waals surface area contributed by atoms with Crippen molar-refractivity contribution in [2.75, 3.05) is 39.4 Å². The lowest BCUT2D eigenvalue weighted by Crippen LogP contribution is -2.59. The lowest BCUT2D eigenvalue weighted by Gasteiger charge is -2.37. The van der Waals surface area contributed by atoms with Crippen molar-refractivity contribution >= 4 is 17.8 Å². The Balaban J connectivity index is 1.48. The maximum atomic E-state index is 12.8. The Morgan fingerprint density at radius 1 is 1.14 bits per heavy atom. The molecule has 0 saturated carbocycles. The van der Waals surface area contributed by atoms with E-state index in [0.717, 1.165) is 19.4 Å². The molecular formula is C20H27N3O5. The highest BCUT2D eigenvalue weighted by Gasteiger charge is 2.38. The molecule has 0 spiro atoms. The predicted octanol–water partition coefficient (Wildman–Crippen LogP) is 0.325. The van der Waals surface area contributed by atoms with Crippen LogP contribution in [0.2, 0.25) is 0 Å². The Morgan fingerprint density at radius 2 is 1.96 bits per heavy atom. The van der Waals surface area contributed by atoms with E-state index < -0.39 is 12.0 Å². The average Bonchev–Trinajstić information content (AvgIpc) is 2.73. The first-order valence-electron chi connectivity index (χ1n) is 9.77. The number of benzene rings is 1. The molecule has 0 aromatic heterocycles. The Bertz CT molecular complexity index is 676. The first-order chi connectivity index (χ1) is 13.6. The van der Waals surface area contributed by atoms with Gasteiger partial charge in [0.05, 0.1) is 12.3 Å². The third-order valence-electron chi connectivity index (χ3n) is 4.98. The molecule has 0 aliphatic carbocycles. The second-order valence-corrected chi connectivity index (χ2v) is 6.97. The summed E-state index contributed by atoms with van der Waals surface area (Å²) in [7, 11) is 0. The number of carbonyl (C=O) groups is 3. The zero-order chi connectivity index (χ0) is 19.8. The molecule has 2 fully saturated rings. The lowest BCUT2D eigenvalue weighted by molar-refractivity contribution is -0.153. The van der Waals surface area contributed by atoms with E-state index in [0.29, 0.717) is 25.4 Å². The maximum absolute atomic E-state index is 12.8. The molecule has 0 radical (unpaired) electrons. The van der Waals surface area contributed by atoms with Crippen LogP contribution in [0.5, 0.6) is 5.75 Å². The number of nitrogens with one attached hydrogen (secondary N) is 2. The van der Waals surface area contributed by atoms with E-state index in [1.54, 1.807) is 0 Å². The molecule has 1 aromatic rings. The number of piperazine rings is 1. The quantitative estimate of drug-likeness (QED) is 0.515. The molecule has 2 heterocycles. The van der Waals surface area contributed by atoms with Gasteiger partial charge in [-0.2, -0.15) is 0 Å². The van der Waals surface area contributed by atoms with E-state index in [1.807, 2.05) is 30.3 Å². The smallest absolute Gasteiger partial charge is 0.308 e. The molecule has 2 aliphatic rings. The molecule has 2 saturated heterocycles. The van der Waals surface area contributed by atoms with Crippen molar-refractivity contribution in [1.82, 2.24) is 15.5 Å². The summed E-state index contributed by atoms with van der Waals surface area (Å²) in [5.74, 6) is -0.327. The molecule has 8 heteroatoms. The molecule has 2 N–H and O–H groups in total. The molecule has 152 valence electrons. The van der Waals surface area contributed by atoms with Gasteiger partial charge in [0.2, 0.25) is 11.8 Å². The number of para-hydroxylation sites is 1. The average molecular weight is 389 g/mol. The van der Waals surface area contributed by atoms with Crippen LogP contribution in [0.3, 0.4) is 0 Å². The molecule has 8 nitrogen and oxygen atoms in total. The topological polar surface area (TPSA) is 97.0 Å². The minimum absolute atomic E-state index is 0.0627. The summed E-state index contributed by atoms with van der Waals surface area (Å²) in [6.45, 7) is 2.65. The molecule has 3 rings (SSSR count). The third kappa shape index (κ3) is 5.45. The highest BCUT2D eigenvalue weighted by molar-refractivity contribution is 5.92. The molecule has 2 atom stereocenters. The Morgan fingerprint density at radius 3 is 2.71 bits per heavy atom. The summed E-state index contributed by atoms with van der Waals surface area (Å²) in [5.41, 5.74) is 0. The SMILES string of the molecule is O=C(CC1C(=O)NCCN1C(=O)C1CCCNC1)OCCOc1ccccc1. The first-order valence-corrected chi connectivity index (χ1v) is 9.77. The summed E-state index contributed by atoms with van der Waals surface area (Å²) < 4.78 is 10.7. The van der Waals surface area contributed by atoms with Gasteiger partial charge in [-0.1, -0.05) is 18.2 Å². The number of hydrogen-bond donors (Lipinski definition) is 2. The molecular weight excluding hydrogens is 362 g/mol. The van der Waals surface area contributed by atoms with E-state index in [2.05, 4.69) is 10.6 Å². The van der Waals surface area contributed by atoms with E-state index >= 15 is 0 Å². The summed E-state index contributed by atoms with van der Waals surface area (Å²) in [6, 6.07) is 8.42. The highest BCUT2D eigenvalue weighted by atomic mass is 16.6. The van der Waals surface area contributed by atoms with Gasteiger partial charge in [0.25, 0.3) is 0 Å². The van der Waals surface area contributed by atoms with Crippen molar-refractivity contribution in [3.63, 3.8) is 0 Å². The second kappa shape index (κ2) is 10.1. The Kier molecular flexibility index (Phi) is 7.25. The summed E-state index contributed by atoms with van der Waals surface area (Å²) in [6.07, 6.45) is 1.59. The van der Waals surface area contributed by atoms with Crippen LogP contribution in [0.4, 0.5) is 0 Å². The van der Waals surface area contributed by atoms with Crippen LogP contribution < -0.4 is 15.4 Å². The molecule has 1 aromatic carbocycles. The van der Waals surface area contributed by atoms with Crippen LogP contribution in [0.1, 0.15) is 19.3 Å². The van der Waals surface area contributed by atoms with Gasteiger partial charge in [0.15, 0.2) is 0 Å². The molecule has 28 heavy (non-hydrogen) atoms. The van der Waals surface area contributed by atoms with Gasteiger partial charge < -0.3 is 25.0 Å². The maximum Gasteiger partial charge on any atom is 0.308 e. The van der Waals surface area contributed by atoms with E-state index in [4.69, 9.17) is 9.47 Å². The number of amides is 2. The fourth-order valence-electron chi connectivity index (χ4n) is 3.53. The van der Waals surface area contributed by atoms with Crippen LogP contribution in [-0.4, -0.2) is 68.1 Å². The van der Waals surface area contributed by atoms with E-state index in [-0.39, 0.29) is 37.4 Å². The van der Waals surface area contributed by atoms with Crippen molar-refractivity contribution in [3.8, 4) is 5.75 Å². The minimum atomic E-state index is -0.814. The second-order valence-electron chi connectivity index (χ2n) is 6.97. The minimum Gasteiger partial charge on any atom is -0.490 e. The largest absolute Gasteiger partial charge is 0.490 e. The number of nitrogens with zero attached hydrogens (tertiary/aromatic N) is 1. The first kappa shape index (κ1) is 20.1. The monoisotopic (exact) mass is 389 g/mol. The van der Waals surface area contributed by atoms with Crippen LogP contribution in [0.15, 0.2) is 30.3 Å². The Labute approximate surface area is 164 Å². The van der Waals surface area contributed by atoms with Gasteiger partial charge in [-0.05, 0) is 31.5 Å². The number of carbonyl (C=O) groups excluding carboxylic acids is 3. The van der Waals surface area contributed by atoms with Crippen molar-refractivity contribution < 1.29 is 23.9 Å². The number of esters is 1. The van der Waals surface area contributed by atoms with Crippen LogP contribution in [-0.2, 0) is 19.1 Å². The standard InChI is InChI=1S/C20H27N3O5/c24-18(28-12-11-27-16-6-2-1-3-7-16)13-17-19(25)22-9-10-23(17)20(26)15-5-4-8-21-14-15/h1-3,6-7,15,17,21H,4-5,8-14H2,(H,22,25). The van der Waals surface area contributed by atoms with Crippen LogP contribution in [0, 0.1) is 5.92 Å². The van der Waals surface area contributed by atoms with Crippen molar-refractivity contribution in [1.29, 1.82) is 0 Å². The fraction of sp³-hybridized carbons (Fsp3) is 0.550. The van der Waals surface area contributed by atoms with Gasteiger partial charge in [-0.25, -0.2) is 0 Å². The van der Waals surface area contributed by atoms with Gasteiger partial charge in [-0.3, -0.25) is 14.4 Å². The summed E-state index contributed by atoms with van der Waals surface area (Å²) >= 11 is 0. The van der Waals surface area contributed by atoms with Crippen LogP contribution >= 0.6 is 0 Å². The highest BCUT2D eigenvalue weighted by Crippen LogP contribution is 2.18. The zero-order valence-corrected chi connectivity index (χ0v) is 15.9. The van der Waals surface area contributed by atoms with E-state index in [1.165, 1.54) is 4.90 Å². The normalized spacial score (nSPS) is 22.3. The van der Waals surface area contributed by atoms with Crippen molar-refractivity contribution in [2.45, 2.75) is 25.3 Å². The van der Waals surface area contributed by atoms with Gasteiger partial charge >= 0.3 is 5.97 Å². The summed E-state index contributed by atoms with van der Waals surface area (Å²) in [4.78, 5) is 38.9. The molecule has 2 unspecified atom stereocenters. The summed E-state index contributed by atoms with van der Waals surface area (Å²) in [5, 5.41) is 5.95. The zero-order valence-electron chi connectivity index (χ0n) is 15.9. The number of ether oxygens (including phenoxy) is 2. The van der Waals surface area contributed by atoms with Gasteiger partial charge in [0, 0.05) is 19.6 Å². The van der Waals surface area contributed by atoms with Crippen molar-refractivity contribution in [3.05, 3.63) is 30.3 Å². The fourth-order valence-corrected chi connectivity index (χ4v) is 3.53. The van der Waals surface area contributed by atoms with Gasteiger partial charge in [0.1, 0.15) is 25.0 Å². The number of piperidine rings is 1. The van der Waals surface area contributed by atoms with Crippen LogP contribution in [0.25, 0.3) is 0 Å². The predicted molar refractivity (Wildman–Crippen MR) is 102 cm³/mol. The Hall–Kier alpha value is -2.61. The third-order valence-corrected chi connectivity index (χ3v) is 4.98. The van der Waals surface area contributed by atoms with Crippen molar-refractivity contribution in [2.24, 2.45) is 5.92 Å². The van der Waals surface area contributed by atoms with E-state index in [9.17, 15) is 14.4 Å². The molecule has 2 aliphatic heterocycles. The number of hydrogen-bond acceptors (Lipinski definition) is 6.